The highest BCUT2D eigenvalue weighted by Gasteiger charge is 2.19. The first-order valence-corrected chi connectivity index (χ1v) is 7.58. The minimum Gasteiger partial charge on any atom is -0.456 e. The first-order valence-electron chi connectivity index (χ1n) is 7.58. The summed E-state index contributed by atoms with van der Waals surface area (Å²) in [7, 11) is 0. The van der Waals surface area contributed by atoms with Crippen LogP contribution in [-0.4, -0.2) is 18.5 Å². The maximum absolute atomic E-state index is 11.7. The Morgan fingerprint density at radius 3 is 2.55 bits per heavy atom. The summed E-state index contributed by atoms with van der Waals surface area (Å²) >= 11 is 0. The van der Waals surface area contributed by atoms with Gasteiger partial charge in [-0.25, -0.2) is 0 Å². The molecule has 1 aromatic carbocycles. The van der Waals surface area contributed by atoms with Gasteiger partial charge in [-0.1, -0.05) is 25.0 Å². The Morgan fingerprint density at radius 1 is 1.23 bits per heavy atom. The topological polar surface area (TPSA) is 79.2 Å². The van der Waals surface area contributed by atoms with Crippen LogP contribution in [0.25, 0.3) is 0 Å². The number of hydrogen-bond acceptors (Lipinski definition) is 4. The summed E-state index contributed by atoms with van der Waals surface area (Å²) in [5.74, 6) is -0.234. The molecule has 1 N–H and O–H groups in total. The van der Waals surface area contributed by atoms with Crippen LogP contribution in [0.3, 0.4) is 0 Å². The predicted molar refractivity (Wildman–Crippen MR) is 81.9 cm³/mol. The van der Waals surface area contributed by atoms with Gasteiger partial charge in [-0.05, 0) is 36.5 Å². The Labute approximate surface area is 130 Å². The zero-order valence-electron chi connectivity index (χ0n) is 12.5. The number of carbonyl (C=O) groups excluding carboxylic acids is 2. The summed E-state index contributed by atoms with van der Waals surface area (Å²) in [4.78, 5) is 23.4. The lowest BCUT2D eigenvalue weighted by atomic mass is 10.1. The van der Waals surface area contributed by atoms with Gasteiger partial charge in [0, 0.05) is 12.1 Å². The van der Waals surface area contributed by atoms with Crippen LogP contribution in [-0.2, 0) is 20.7 Å². The van der Waals surface area contributed by atoms with Gasteiger partial charge >= 0.3 is 5.97 Å². The van der Waals surface area contributed by atoms with Gasteiger partial charge in [-0.3, -0.25) is 9.59 Å². The zero-order valence-corrected chi connectivity index (χ0v) is 12.5. The molecule has 1 amide bonds. The molecule has 0 aliphatic heterocycles. The van der Waals surface area contributed by atoms with E-state index in [2.05, 4.69) is 11.4 Å². The fraction of sp³-hybridized carbons (Fsp3) is 0.471. The maximum atomic E-state index is 11.7. The second kappa shape index (κ2) is 8.18. The molecule has 2 rings (SSSR count). The number of hydrogen-bond donors (Lipinski definition) is 1. The maximum Gasteiger partial charge on any atom is 0.306 e. The average molecular weight is 300 g/mol. The third kappa shape index (κ3) is 5.21. The first kappa shape index (κ1) is 16.0. The fourth-order valence-electron chi connectivity index (χ4n) is 2.65. The van der Waals surface area contributed by atoms with Gasteiger partial charge in [0.1, 0.15) is 0 Å². The molecular weight excluding hydrogens is 280 g/mol. The van der Waals surface area contributed by atoms with Gasteiger partial charge in [-0.2, -0.15) is 5.26 Å². The lowest BCUT2D eigenvalue weighted by Gasteiger charge is -2.09. The quantitative estimate of drug-likeness (QED) is 0.819. The van der Waals surface area contributed by atoms with Gasteiger partial charge in [0.2, 0.25) is 0 Å². The summed E-state index contributed by atoms with van der Waals surface area (Å²) in [5, 5.41) is 11.3. The summed E-state index contributed by atoms with van der Waals surface area (Å²) in [6.07, 6.45) is 5.27. The van der Waals surface area contributed by atoms with Gasteiger partial charge in [0.05, 0.1) is 12.5 Å². The second-order valence-corrected chi connectivity index (χ2v) is 5.60. The number of carbonyl (C=O) groups is 2. The average Bonchev–Trinajstić information content (AvgIpc) is 3.00. The highest BCUT2D eigenvalue weighted by Crippen LogP contribution is 2.27. The van der Waals surface area contributed by atoms with E-state index in [0.717, 1.165) is 18.4 Å². The summed E-state index contributed by atoms with van der Waals surface area (Å²) in [6.45, 7) is -0.258. The van der Waals surface area contributed by atoms with Crippen molar-refractivity contribution >= 4 is 17.6 Å². The summed E-state index contributed by atoms with van der Waals surface area (Å²) in [5.41, 5.74) is 1.52. The Hall–Kier alpha value is -2.35. The van der Waals surface area contributed by atoms with E-state index in [1.807, 2.05) is 0 Å². The van der Waals surface area contributed by atoms with Crippen molar-refractivity contribution in [3.8, 4) is 6.07 Å². The van der Waals surface area contributed by atoms with Crippen LogP contribution in [0, 0.1) is 17.2 Å². The molecule has 0 heterocycles. The molecule has 0 radical (unpaired) electrons. The van der Waals surface area contributed by atoms with Gasteiger partial charge in [0.25, 0.3) is 5.91 Å². The number of benzene rings is 1. The number of esters is 1. The number of ether oxygens (including phenoxy) is 1. The largest absolute Gasteiger partial charge is 0.456 e. The molecular formula is C17H20N2O3. The van der Waals surface area contributed by atoms with Crippen LogP contribution < -0.4 is 5.32 Å². The molecule has 0 aromatic heterocycles. The lowest BCUT2D eigenvalue weighted by Crippen LogP contribution is -2.21. The number of anilines is 1. The minimum atomic E-state index is -0.354. The molecule has 1 saturated carbocycles. The lowest BCUT2D eigenvalue weighted by molar-refractivity contribution is -0.148. The van der Waals surface area contributed by atoms with E-state index >= 15 is 0 Å². The molecule has 0 spiro atoms. The van der Waals surface area contributed by atoms with E-state index in [0.29, 0.717) is 24.4 Å². The molecule has 0 saturated heterocycles. The molecule has 0 unspecified atom stereocenters. The van der Waals surface area contributed by atoms with Crippen molar-refractivity contribution in [3.05, 3.63) is 29.8 Å². The number of nitriles is 1. The molecule has 5 heteroatoms. The Bertz CT molecular complexity index is 554. The molecule has 1 aromatic rings. The Balaban J connectivity index is 1.70. The van der Waals surface area contributed by atoms with E-state index < -0.39 is 0 Å². The smallest absolute Gasteiger partial charge is 0.306 e. The highest BCUT2D eigenvalue weighted by atomic mass is 16.5. The molecule has 22 heavy (non-hydrogen) atoms. The van der Waals surface area contributed by atoms with Gasteiger partial charge in [0.15, 0.2) is 6.61 Å². The monoisotopic (exact) mass is 300 g/mol. The SMILES string of the molecule is N#CCc1ccc(NC(=O)COC(=O)CC2CCCC2)cc1. The summed E-state index contributed by atoms with van der Waals surface area (Å²) < 4.78 is 5.01. The van der Waals surface area contributed by atoms with Gasteiger partial charge < -0.3 is 10.1 Å². The highest BCUT2D eigenvalue weighted by molar-refractivity contribution is 5.92. The van der Waals surface area contributed by atoms with Crippen molar-refractivity contribution in [2.24, 2.45) is 5.92 Å². The van der Waals surface area contributed by atoms with Crippen LogP contribution >= 0.6 is 0 Å². The Morgan fingerprint density at radius 2 is 1.91 bits per heavy atom. The third-order valence-corrected chi connectivity index (χ3v) is 3.82. The normalized spacial score (nSPS) is 14.3. The van der Waals surface area contributed by atoms with Crippen LogP contribution in [0.5, 0.6) is 0 Å². The van der Waals surface area contributed by atoms with Crippen molar-refractivity contribution in [2.45, 2.75) is 38.5 Å². The van der Waals surface area contributed by atoms with E-state index in [1.165, 1.54) is 12.8 Å². The van der Waals surface area contributed by atoms with E-state index in [1.54, 1.807) is 24.3 Å². The zero-order chi connectivity index (χ0) is 15.8. The predicted octanol–water partition coefficient (Wildman–Crippen LogP) is 2.81. The molecule has 1 aliphatic rings. The van der Waals surface area contributed by atoms with E-state index in [-0.39, 0.29) is 18.5 Å². The first-order chi connectivity index (χ1) is 10.7. The fourth-order valence-corrected chi connectivity index (χ4v) is 2.65. The van der Waals surface area contributed by atoms with Crippen molar-refractivity contribution in [1.82, 2.24) is 0 Å². The van der Waals surface area contributed by atoms with Crippen LogP contribution in [0.1, 0.15) is 37.7 Å². The molecule has 1 aliphatic carbocycles. The van der Waals surface area contributed by atoms with Crippen molar-refractivity contribution in [1.29, 1.82) is 5.26 Å². The van der Waals surface area contributed by atoms with Gasteiger partial charge in [-0.15, -0.1) is 0 Å². The number of nitrogens with zero attached hydrogens (tertiary/aromatic N) is 1. The van der Waals surface area contributed by atoms with Crippen LogP contribution in [0.4, 0.5) is 5.69 Å². The summed E-state index contributed by atoms with van der Waals surface area (Å²) in [6, 6.07) is 9.08. The number of nitrogens with one attached hydrogen (secondary N) is 1. The van der Waals surface area contributed by atoms with E-state index in [9.17, 15) is 9.59 Å². The number of amides is 1. The molecule has 0 bridgehead atoms. The standard InChI is InChI=1S/C17H20N2O3/c18-10-9-13-5-7-15(8-6-13)19-16(20)12-22-17(21)11-14-3-1-2-4-14/h5-8,14H,1-4,9,11-12H2,(H,19,20). The van der Waals surface area contributed by atoms with Crippen LogP contribution in [0.2, 0.25) is 0 Å². The molecule has 116 valence electrons. The van der Waals surface area contributed by atoms with Crippen molar-refractivity contribution in [2.75, 3.05) is 11.9 Å². The second-order valence-electron chi connectivity index (χ2n) is 5.60. The van der Waals surface area contributed by atoms with Crippen molar-refractivity contribution in [3.63, 3.8) is 0 Å². The third-order valence-electron chi connectivity index (χ3n) is 3.82. The number of rotatable bonds is 6. The van der Waals surface area contributed by atoms with E-state index in [4.69, 9.17) is 10.00 Å². The molecule has 1 fully saturated rings. The van der Waals surface area contributed by atoms with Crippen LogP contribution in [0.15, 0.2) is 24.3 Å². The molecule has 0 atom stereocenters. The Kier molecular flexibility index (Phi) is 5.96. The minimum absolute atomic E-state index is 0.258. The van der Waals surface area contributed by atoms with Crippen molar-refractivity contribution < 1.29 is 14.3 Å². The molecule has 5 nitrogen and oxygen atoms in total.